The number of amides is 1. The van der Waals surface area contributed by atoms with E-state index in [1.54, 1.807) is 12.1 Å². The van der Waals surface area contributed by atoms with Crippen molar-refractivity contribution in [1.29, 1.82) is 0 Å². The van der Waals surface area contributed by atoms with Gasteiger partial charge in [0.25, 0.3) is 5.91 Å². The van der Waals surface area contributed by atoms with Crippen LogP contribution in [0.1, 0.15) is 36.2 Å². The first-order valence-electron chi connectivity index (χ1n) is 6.34. The maximum Gasteiger partial charge on any atom is 0.287 e. The zero-order chi connectivity index (χ0) is 12.6. The Hall–Kier alpha value is -0.810. The molecule has 98 valence electrons. The number of furan rings is 1. The average Bonchev–Trinajstić information content (AvgIpc) is 2.82. The second-order valence-corrected chi connectivity index (χ2v) is 5.92. The van der Waals surface area contributed by atoms with E-state index in [1.165, 1.54) is 6.42 Å². The minimum Gasteiger partial charge on any atom is -0.444 e. The van der Waals surface area contributed by atoms with Gasteiger partial charge in [-0.3, -0.25) is 4.79 Å². The van der Waals surface area contributed by atoms with Crippen molar-refractivity contribution in [2.45, 2.75) is 31.7 Å². The average molecular weight is 314 g/mol. The zero-order valence-electron chi connectivity index (χ0n) is 10.1. The summed E-state index contributed by atoms with van der Waals surface area (Å²) in [6.45, 7) is 1.64. The van der Waals surface area contributed by atoms with Gasteiger partial charge in [-0.15, -0.1) is 0 Å². The number of hydrogen-bond donors (Lipinski definition) is 1. The van der Waals surface area contributed by atoms with E-state index in [4.69, 9.17) is 9.15 Å². The number of halogens is 1. The van der Waals surface area contributed by atoms with E-state index < -0.39 is 0 Å². The van der Waals surface area contributed by atoms with Crippen LogP contribution in [-0.2, 0) is 4.74 Å². The van der Waals surface area contributed by atoms with Crippen LogP contribution in [0, 0.1) is 5.41 Å². The van der Waals surface area contributed by atoms with E-state index in [-0.39, 0.29) is 17.4 Å². The van der Waals surface area contributed by atoms with Crippen LogP contribution in [0.3, 0.4) is 0 Å². The molecular weight excluding hydrogens is 298 g/mol. The highest BCUT2D eigenvalue weighted by Crippen LogP contribution is 2.48. The Balaban J connectivity index is 1.64. The maximum atomic E-state index is 12.0. The third-order valence-corrected chi connectivity index (χ3v) is 4.69. The molecule has 4 nitrogen and oxygen atoms in total. The first kappa shape index (κ1) is 12.2. The molecule has 1 unspecified atom stereocenters. The molecule has 1 spiro atoms. The Labute approximate surface area is 114 Å². The molecule has 3 rings (SSSR count). The van der Waals surface area contributed by atoms with Crippen molar-refractivity contribution < 1.29 is 13.9 Å². The minimum atomic E-state index is -0.115. The molecule has 1 atom stereocenters. The number of hydrogen-bond acceptors (Lipinski definition) is 3. The standard InChI is InChI=1S/C13H16BrNO3/c14-11-2-1-9(18-11)12(16)15-10-3-4-13(10)5-7-17-8-6-13/h1-2,10H,3-8H2,(H,15,16). The largest absolute Gasteiger partial charge is 0.444 e. The lowest BCUT2D eigenvalue weighted by molar-refractivity contribution is -0.0524. The van der Waals surface area contributed by atoms with E-state index in [0.29, 0.717) is 10.4 Å². The summed E-state index contributed by atoms with van der Waals surface area (Å²) in [5.74, 6) is 0.257. The topological polar surface area (TPSA) is 51.5 Å². The number of carbonyl (C=O) groups excluding carboxylic acids is 1. The molecule has 2 aliphatic rings. The highest BCUT2D eigenvalue weighted by atomic mass is 79.9. The molecule has 1 saturated heterocycles. The zero-order valence-corrected chi connectivity index (χ0v) is 11.7. The molecule has 2 fully saturated rings. The molecule has 5 heteroatoms. The van der Waals surface area contributed by atoms with E-state index in [1.807, 2.05) is 0 Å². The predicted octanol–water partition coefficient (Wildman–Crippen LogP) is 2.73. The van der Waals surface area contributed by atoms with Crippen LogP contribution in [0.5, 0.6) is 0 Å². The van der Waals surface area contributed by atoms with Crippen LogP contribution >= 0.6 is 15.9 Å². The van der Waals surface area contributed by atoms with Gasteiger partial charge in [-0.25, -0.2) is 0 Å². The molecule has 1 N–H and O–H groups in total. The highest BCUT2D eigenvalue weighted by Gasteiger charge is 2.48. The van der Waals surface area contributed by atoms with E-state index >= 15 is 0 Å². The van der Waals surface area contributed by atoms with Gasteiger partial charge >= 0.3 is 0 Å². The van der Waals surface area contributed by atoms with E-state index in [2.05, 4.69) is 21.2 Å². The predicted molar refractivity (Wildman–Crippen MR) is 69.4 cm³/mol. The summed E-state index contributed by atoms with van der Waals surface area (Å²) in [5.41, 5.74) is 0.276. The molecular formula is C13H16BrNO3. The fourth-order valence-electron chi connectivity index (χ4n) is 2.96. The summed E-state index contributed by atoms with van der Waals surface area (Å²) < 4.78 is 11.3. The molecule has 2 heterocycles. The second-order valence-electron chi connectivity index (χ2n) is 5.14. The molecule has 1 aromatic rings. The number of nitrogens with one attached hydrogen (secondary N) is 1. The van der Waals surface area contributed by atoms with Gasteiger partial charge in [0.05, 0.1) is 0 Å². The summed E-state index contributed by atoms with van der Waals surface area (Å²) in [5, 5.41) is 3.10. The first-order valence-corrected chi connectivity index (χ1v) is 7.13. The molecule has 1 aliphatic heterocycles. The number of ether oxygens (including phenoxy) is 1. The summed E-state index contributed by atoms with van der Waals surface area (Å²) in [4.78, 5) is 12.0. The fourth-order valence-corrected chi connectivity index (χ4v) is 3.27. The lowest BCUT2D eigenvalue weighted by atomic mass is 9.60. The van der Waals surface area contributed by atoms with Gasteiger partial charge in [-0.05, 0) is 59.2 Å². The van der Waals surface area contributed by atoms with Gasteiger partial charge in [0.1, 0.15) is 0 Å². The number of rotatable bonds is 2. The molecule has 0 bridgehead atoms. The monoisotopic (exact) mass is 313 g/mol. The molecule has 1 saturated carbocycles. The Morgan fingerprint density at radius 2 is 2.11 bits per heavy atom. The Kier molecular flexibility index (Phi) is 3.20. The number of carbonyl (C=O) groups is 1. The molecule has 18 heavy (non-hydrogen) atoms. The molecule has 1 aromatic heterocycles. The summed E-state index contributed by atoms with van der Waals surface area (Å²) in [7, 11) is 0. The van der Waals surface area contributed by atoms with Crippen molar-refractivity contribution in [2.24, 2.45) is 5.41 Å². The molecule has 0 aromatic carbocycles. The maximum absolute atomic E-state index is 12.0. The van der Waals surface area contributed by atoms with Gasteiger partial charge < -0.3 is 14.5 Å². The van der Waals surface area contributed by atoms with Crippen molar-refractivity contribution in [3.05, 3.63) is 22.6 Å². The van der Waals surface area contributed by atoms with Crippen LogP contribution in [0.25, 0.3) is 0 Å². The Bertz CT molecular complexity index is 451. The Morgan fingerprint density at radius 1 is 1.33 bits per heavy atom. The SMILES string of the molecule is O=C(NC1CCC12CCOCC2)c1ccc(Br)o1. The van der Waals surface area contributed by atoms with Crippen molar-refractivity contribution >= 4 is 21.8 Å². The molecule has 0 radical (unpaired) electrons. The summed E-state index contributed by atoms with van der Waals surface area (Å²) in [6.07, 6.45) is 4.37. The normalized spacial score (nSPS) is 25.7. The van der Waals surface area contributed by atoms with Gasteiger partial charge in [-0.1, -0.05) is 0 Å². The first-order chi connectivity index (χ1) is 8.70. The van der Waals surface area contributed by atoms with Gasteiger partial charge in [0.2, 0.25) is 0 Å². The minimum absolute atomic E-state index is 0.115. The third kappa shape index (κ3) is 2.10. The van der Waals surface area contributed by atoms with Crippen LogP contribution < -0.4 is 5.32 Å². The smallest absolute Gasteiger partial charge is 0.287 e. The summed E-state index contributed by atoms with van der Waals surface area (Å²) in [6, 6.07) is 3.70. The van der Waals surface area contributed by atoms with Gasteiger partial charge in [0.15, 0.2) is 10.4 Å². The van der Waals surface area contributed by atoms with Gasteiger partial charge in [0, 0.05) is 19.3 Å². The molecule has 1 amide bonds. The molecule has 1 aliphatic carbocycles. The van der Waals surface area contributed by atoms with Crippen molar-refractivity contribution in [3.63, 3.8) is 0 Å². The highest BCUT2D eigenvalue weighted by molar-refractivity contribution is 9.10. The fraction of sp³-hybridized carbons (Fsp3) is 0.615. The van der Waals surface area contributed by atoms with Crippen LogP contribution in [0.2, 0.25) is 0 Å². The summed E-state index contributed by atoms with van der Waals surface area (Å²) >= 11 is 3.20. The quantitative estimate of drug-likeness (QED) is 0.913. The van der Waals surface area contributed by atoms with Crippen molar-refractivity contribution in [1.82, 2.24) is 5.32 Å². The van der Waals surface area contributed by atoms with Crippen LogP contribution in [0.4, 0.5) is 0 Å². The van der Waals surface area contributed by atoms with Crippen LogP contribution in [-0.4, -0.2) is 25.2 Å². The van der Waals surface area contributed by atoms with E-state index in [0.717, 1.165) is 32.5 Å². The van der Waals surface area contributed by atoms with Crippen molar-refractivity contribution in [2.75, 3.05) is 13.2 Å². The lowest BCUT2D eigenvalue weighted by Gasteiger charge is -2.51. The lowest BCUT2D eigenvalue weighted by Crippen LogP contribution is -2.57. The van der Waals surface area contributed by atoms with Crippen molar-refractivity contribution in [3.8, 4) is 0 Å². The van der Waals surface area contributed by atoms with E-state index in [9.17, 15) is 4.79 Å². The third-order valence-electron chi connectivity index (χ3n) is 4.26. The Morgan fingerprint density at radius 3 is 2.67 bits per heavy atom. The van der Waals surface area contributed by atoms with Crippen LogP contribution in [0.15, 0.2) is 21.2 Å². The van der Waals surface area contributed by atoms with Gasteiger partial charge in [-0.2, -0.15) is 0 Å². The second kappa shape index (κ2) is 4.70.